The van der Waals surface area contributed by atoms with Crippen LogP contribution in [-0.4, -0.2) is 17.8 Å². The number of hydrogen-bond acceptors (Lipinski definition) is 2. The van der Waals surface area contributed by atoms with Crippen molar-refractivity contribution in [2.75, 3.05) is 6.61 Å². The summed E-state index contributed by atoms with van der Waals surface area (Å²) in [5.41, 5.74) is 0.490. The first-order valence-electron chi connectivity index (χ1n) is 4.84. The summed E-state index contributed by atoms with van der Waals surface area (Å²) in [5, 5.41) is 0. The molecule has 0 aliphatic carbocycles. The lowest BCUT2D eigenvalue weighted by atomic mass is 9.92. The molecule has 16 heavy (non-hydrogen) atoms. The molecule has 0 radical (unpaired) electrons. The van der Waals surface area contributed by atoms with Crippen molar-refractivity contribution in [2.24, 2.45) is 0 Å². The maximum absolute atomic E-state index is 11.9. The van der Waals surface area contributed by atoms with E-state index >= 15 is 0 Å². The molecule has 0 saturated carbocycles. The van der Waals surface area contributed by atoms with Crippen molar-refractivity contribution in [2.45, 2.75) is 32.4 Å². The molecule has 0 aromatic carbocycles. The van der Waals surface area contributed by atoms with Crippen LogP contribution in [0.4, 0.5) is 13.2 Å². The third kappa shape index (κ3) is 4.08. The summed E-state index contributed by atoms with van der Waals surface area (Å²) < 4.78 is 40.4. The monoisotopic (exact) mass is 233 g/mol. The third-order valence-electron chi connectivity index (χ3n) is 1.90. The fourth-order valence-corrected chi connectivity index (χ4v) is 1.08. The molecule has 5 heteroatoms. The predicted octanol–water partition coefficient (Wildman–Crippen LogP) is 3.32. The molecule has 0 unspecified atom stereocenters. The highest BCUT2D eigenvalue weighted by molar-refractivity contribution is 5.26. The van der Waals surface area contributed by atoms with Crippen molar-refractivity contribution in [3.05, 3.63) is 24.0 Å². The molecule has 0 N–H and O–H groups in total. The molecule has 0 saturated heterocycles. The summed E-state index contributed by atoms with van der Waals surface area (Å²) in [4.78, 5) is 4.09. The van der Waals surface area contributed by atoms with E-state index < -0.39 is 12.8 Å². The topological polar surface area (TPSA) is 22.1 Å². The van der Waals surface area contributed by atoms with E-state index in [0.29, 0.717) is 5.69 Å². The zero-order valence-electron chi connectivity index (χ0n) is 9.43. The number of hydrogen-bond donors (Lipinski definition) is 0. The van der Waals surface area contributed by atoms with Gasteiger partial charge in [0.15, 0.2) is 6.61 Å². The smallest absolute Gasteiger partial charge is 0.422 e. The van der Waals surface area contributed by atoms with Crippen LogP contribution in [0.3, 0.4) is 0 Å². The first kappa shape index (κ1) is 12.8. The molecule has 0 aliphatic rings. The quantitative estimate of drug-likeness (QED) is 0.781. The predicted molar refractivity (Wildman–Crippen MR) is 54.5 cm³/mol. The van der Waals surface area contributed by atoms with Crippen molar-refractivity contribution >= 4 is 0 Å². The van der Waals surface area contributed by atoms with Crippen LogP contribution in [0.25, 0.3) is 0 Å². The Balaban J connectivity index is 2.76. The highest BCUT2D eigenvalue weighted by Gasteiger charge is 2.28. The van der Waals surface area contributed by atoms with E-state index in [1.54, 1.807) is 0 Å². The van der Waals surface area contributed by atoms with Gasteiger partial charge in [0.1, 0.15) is 5.75 Å². The Kier molecular flexibility index (Phi) is 3.45. The molecule has 0 bridgehead atoms. The normalized spacial score (nSPS) is 12.6. The maximum atomic E-state index is 11.9. The van der Waals surface area contributed by atoms with Gasteiger partial charge in [-0.1, -0.05) is 20.8 Å². The second-order valence-electron chi connectivity index (χ2n) is 4.53. The molecular weight excluding hydrogens is 219 g/mol. The van der Waals surface area contributed by atoms with Gasteiger partial charge in [0.25, 0.3) is 0 Å². The number of nitrogens with zero attached hydrogens (tertiary/aromatic N) is 1. The average Bonchev–Trinajstić information content (AvgIpc) is 2.13. The fraction of sp³-hybridized carbons (Fsp3) is 0.545. The van der Waals surface area contributed by atoms with Crippen LogP contribution in [-0.2, 0) is 5.41 Å². The lowest BCUT2D eigenvalue weighted by Gasteiger charge is -2.18. The summed E-state index contributed by atoms with van der Waals surface area (Å²) in [5.74, 6) is 0.192. The Hall–Kier alpha value is -1.26. The Morgan fingerprint density at radius 1 is 1.25 bits per heavy atom. The van der Waals surface area contributed by atoms with E-state index in [2.05, 4.69) is 9.72 Å². The molecule has 1 rings (SSSR count). The fourth-order valence-electron chi connectivity index (χ4n) is 1.08. The SMILES string of the molecule is CC(C)(C)c1cc(OCC(F)(F)F)ccn1. The summed E-state index contributed by atoms with van der Waals surface area (Å²) >= 11 is 0. The minimum Gasteiger partial charge on any atom is -0.484 e. The van der Waals surface area contributed by atoms with Gasteiger partial charge in [-0.2, -0.15) is 13.2 Å². The number of alkyl halides is 3. The number of ether oxygens (including phenoxy) is 1. The average molecular weight is 233 g/mol. The molecule has 2 nitrogen and oxygen atoms in total. The van der Waals surface area contributed by atoms with Gasteiger partial charge >= 0.3 is 6.18 Å². The standard InChI is InChI=1S/C11H14F3NO/c1-10(2,3)9-6-8(4-5-15-9)16-7-11(12,13)14/h4-6H,7H2,1-3H3. The largest absolute Gasteiger partial charge is 0.484 e. The van der Waals surface area contributed by atoms with Gasteiger partial charge in [-0.25, -0.2) is 0 Å². The van der Waals surface area contributed by atoms with Crippen LogP contribution in [0.5, 0.6) is 5.75 Å². The van der Waals surface area contributed by atoms with E-state index in [-0.39, 0.29) is 11.2 Å². The van der Waals surface area contributed by atoms with E-state index in [1.165, 1.54) is 18.3 Å². The van der Waals surface area contributed by atoms with Gasteiger partial charge in [-0.05, 0) is 6.07 Å². The van der Waals surface area contributed by atoms with Crippen molar-refractivity contribution in [1.29, 1.82) is 0 Å². The number of pyridine rings is 1. The highest BCUT2D eigenvalue weighted by atomic mass is 19.4. The molecule has 0 fully saturated rings. The van der Waals surface area contributed by atoms with Crippen molar-refractivity contribution in [1.82, 2.24) is 4.98 Å². The summed E-state index contributed by atoms with van der Waals surface area (Å²) in [6, 6.07) is 2.95. The zero-order valence-corrected chi connectivity index (χ0v) is 9.43. The van der Waals surface area contributed by atoms with Gasteiger partial charge in [-0.3, -0.25) is 4.98 Å². The minimum atomic E-state index is -4.31. The third-order valence-corrected chi connectivity index (χ3v) is 1.90. The van der Waals surface area contributed by atoms with Crippen molar-refractivity contribution < 1.29 is 17.9 Å². The van der Waals surface area contributed by atoms with Gasteiger partial charge in [0, 0.05) is 23.4 Å². The van der Waals surface area contributed by atoms with Gasteiger partial charge in [0.05, 0.1) is 0 Å². The molecule has 1 aromatic rings. The molecular formula is C11H14F3NO. The summed E-state index contributed by atoms with van der Waals surface area (Å²) in [7, 11) is 0. The van der Waals surface area contributed by atoms with Gasteiger partial charge < -0.3 is 4.74 Å². The molecule has 90 valence electrons. The zero-order chi connectivity index (χ0) is 12.4. The number of halogens is 3. The summed E-state index contributed by atoms with van der Waals surface area (Å²) in [6.45, 7) is 4.52. The van der Waals surface area contributed by atoms with E-state index in [0.717, 1.165) is 0 Å². The summed E-state index contributed by atoms with van der Waals surface area (Å²) in [6.07, 6.45) is -2.86. The highest BCUT2D eigenvalue weighted by Crippen LogP contribution is 2.24. The van der Waals surface area contributed by atoms with Crippen LogP contribution < -0.4 is 4.74 Å². The van der Waals surface area contributed by atoms with Gasteiger partial charge in [0.2, 0.25) is 0 Å². The first-order valence-corrected chi connectivity index (χ1v) is 4.84. The first-order chi connectivity index (χ1) is 7.18. The van der Waals surface area contributed by atoms with Crippen molar-refractivity contribution in [3.63, 3.8) is 0 Å². The second kappa shape index (κ2) is 4.31. The maximum Gasteiger partial charge on any atom is 0.422 e. The number of aromatic nitrogens is 1. The van der Waals surface area contributed by atoms with Crippen LogP contribution >= 0.6 is 0 Å². The lowest BCUT2D eigenvalue weighted by molar-refractivity contribution is -0.153. The van der Waals surface area contributed by atoms with E-state index in [4.69, 9.17) is 0 Å². The van der Waals surface area contributed by atoms with Crippen molar-refractivity contribution in [3.8, 4) is 5.75 Å². The Labute approximate surface area is 92.5 Å². The molecule has 1 aromatic heterocycles. The van der Waals surface area contributed by atoms with Crippen LogP contribution in [0.1, 0.15) is 26.5 Å². The molecule has 0 aliphatic heterocycles. The Bertz CT molecular complexity index is 355. The molecule has 0 atom stereocenters. The van der Waals surface area contributed by atoms with Crippen LogP contribution in [0.15, 0.2) is 18.3 Å². The lowest BCUT2D eigenvalue weighted by Crippen LogP contribution is -2.20. The Morgan fingerprint density at radius 2 is 1.88 bits per heavy atom. The number of rotatable bonds is 2. The molecule has 1 heterocycles. The van der Waals surface area contributed by atoms with E-state index in [9.17, 15) is 13.2 Å². The Morgan fingerprint density at radius 3 is 2.38 bits per heavy atom. The van der Waals surface area contributed by atoms with Crippen LogP contribution in [0.2, 0.25) is 0 Å². The van der Waals surface area contributed by atoms with Gasteiger partial charge in [-0.15, -0.1) is 0 Å². The minimum absolute atomic E-state index is 0.192. The second-order valence-corrected chi connectivity index (χ2v) is 4.53. The molecule has 0 spiro atoms. The molecule has 0 amide bonds. The van der Waals surface area contributed by atoms with E-state index in [1.807, 2.05) is 20.8 Å². The van der Waals surface area contributed by atoms with Crippen LogP contribution in [0, 0.1) is 0 Å².